The van der Waals surface area contributed by atoms with E-state index in [1.807, 2.05) is 0 Å². The summed E-state index contributed by atoms with van der Waals surface area (Å²) in [6.45, 7) is 0. The van der Waals surface area contributed by atoms with Crippen LogP contribution in [0.3, 0.4) is 0 Å². The number of nitrogens with two attached hydrogens (primary N) is 1. The standard InChI is InChI=1S/C12H10N2O/c13-12(15)10-5-4-8-14(9-10)11-6-2-1-3-7-11/h1-9H,(H-,13,15)/p+1/i1D,2D,3D,6D,7D. The van der Waals surface area contributed by atoms with Crippen LogP contribution in [0.25, 0.3) is 5.69 Å². The third-order valence-electron chi connectivity index (χ3n) is 1.83. The molecule has 0 unspecified atom stereocenters. The summed E-state index contributed by atoms with van der Waals surface area (Å²) in [6.07, 6.45) is 2.82. The highest BCUT2D eigenvalue weighted by Crippen LogP contribution is 1.99. The summed E-state index contributed by atoms with van der Waals surface area (Å²) in [5.41, 5.74) is 5.32. The summed E-state index contributed by atoms with van der Waals surface area (Å²) in [5.74, 6) is -0.660. The lowest BCUT2D eigenvalue weighted by atomic mass is 10.2. The molecule has 2 N–H and O–H groups in total. The van der Waals surface area contributed by atoms with Crippen molar-refractivity contribution >= 4 is 5.91 Å². The van der Waals surface area contributed by atoms with Crippen LogP contribution in [-0.4, -0.2) is 5.91 Å². The van der Waals surface area contributed by atoms with E-state index >= 15 is 0 Å². The van der Waals surface area contributed by atoms with E-state index in [-0.39, 0.29) is 23.3 Å². The molecule has 1 heterocycles. The minimum atomic E-state index is -0.660. The molecule has 1 amide bonds. The number of amides is 1. The Bertz CT molecular complexity index is 688. The zero-order valence-corrected chi connectivity index (χ0v) is 7.74. The van der Waals surface area contributed by atoms with Crippen LogP contribution in [-0.2, 0) is 0 Å². The monoisotopic (exact) mass is 204 g/mol. The second-order valence-electron chi connectivity index (χ2n) is 2.84. The second kappa shape index (κ2) is 3.92. The molecule has 1 aromatic carbocycles. The molecule has 1 aromatic heterocycles. The van der Waals surface area contributed by atoms with E-state index in [0.717, 1.165) is 0 Å². The van der Waals surface area contributed by atoms with Gasteiger partial charge < -0.3 is 5.73 Å². The molecule has 74 valence electrons. The number of primary amides is 1. The van der Waals surface area contributed by atoms with Crippen LogP contribution in [0.15, 0.2) is 54.7 Å². The lowest BCUT2D eigenvalue weighted by molar-refractivity contribution is -0.595. The van der Waals surface area contributed by atoms with Crippen molar-refractivity contribution in [2.45, 2.75) is 0 Å². The number of benzene rings is 1. The number of hydrogen-bond donors (Lipinski definition) is 1. The second-order valence-corrected chi connectivity index (χ2v) is 2.84. The van der Waals surface area contributed by atoms with Crippen LogP contribution in [0.5, 0.6) is 0 Å². The normalized spacial score (nSPS) is 14.5. The maximum atomic E-state index is 11.2. The molecule has 0 aliphatic rings. The van der Waals surface area contributed by atoms with Crippen molar-refractivity contribution in [2.24, 2.45) is 5.73 Å². The van der Waals surface area contributed by atoms with Crippen LogP contribution < -0.4 is 10.3 Å². The molecule has 2 rings (SSSR count). The van der Waals surface area contributed by atoms with Crippen molar-refractivity contribution < 1.29 is 16.2 Å². The Morgan fingerprint density at radius 3 is 2.73 bits per heavy atom. The summed E-state index contributed by atoms with van der Waals surface area (Å²) in [5, 5.41) is 0. The maximum absolute atomic E-state index is 11.2. The number of para-hydroxylation sites is 1. The van der Waals surface area contributed by atoms with Crippen LogP contribution in [0.2, 0.25) is 0 Å². The number of rotatable bonds is 2. The third kappa shape index (κ3) is 2.02. The number of aromatic nitrogens is 1. The predicted octanol–water partition coefficient (Wildman–Crippen LogP) is 1.06. The first-order chi connectivity index (χ1) is 9.34. The predicted molar refractivity (Wildman–Crippen MR) is 56.5 cm³/mol. The molecule has 3 heteroatoms. The van der Waals surface area contributed by atoms with Gasteiger partial charge in [-0.3, -0.25) is 4.79 Å². The van der Waals surface area contributed by atoms with Gasteiger partial charge in [0.25, 0.3) is 5.91 Å². The van der Waals surface area contributed by atoms with Crippen molar-refractivity contribution in [3.63, 3.8) is 0 Å². The van der Waals surface area contributed by atoms with E-state index in [9.17, 15) is 4.79 Å². The van der Waals surface area contributed by atoms with Crippen molar-refractivity contribution in [1.82, 2.24) is 0 Å². The lowest BCUT2D eigenvalue weighted by Crippen LogP contribution is -2.31. The minimum absolute atomic E-state index is 0.0286. The SMILES string of the molecule is [2H]c1c([2H])c([2H])c(-[n+]2cccc(C(N)=O)c2)c([2H])c1[2H]. The van der Waals surface area contributed by atoms with Gasteiger partial charge in [-0.15, -0.1) is 0 Å². The zero-order chi connectivity index (χ0) is 15.0. The molecule has 0 atom stereocenters. The number of nitrogens with zero attached hydrogens (tertiary/aromatic N) is 1. The number of carbonyl (C=O) groups excluding carboxylic acids is 1. The summed E-state index contributed by atoms with van der Waals surface area (Å²) >= 11 is 0. The number of carbonyl (C=O) groups is 1. The van der Waals surface area contributed by atoms with Gasteiger partial charge in [-0.05, 0) is 6.07 Å². The Morgan fingerprint density at radius 1 is 1.33 bits per heavy atom. The Hall–Kier alpha value is -2.16. The van der Waals surface area contributed by atoms with Crippen LogP contribution in [0.1, 0.15) is 17.2 Å². The summed E-state index contributed by atoms with van der Waals surface area (Å²) in [4.78, 5) is 11.2. The lowest BCUT2D eigenvalue weighted by Gasteiger charge is -1.96. The van der Waals surface area contributed by atoms with Gasteiger partial charge in [-0.2, -0.15) is 4.57 Å². The molecular formula is C12H11N2O+. The smallest absolute Gasteiger partial charge is 0.254 e. The van der Waals surface area contributed by atoms with E-state index in [4.69, 9.17) is 12.6 Å². The first-order valence-corrected chi connectivity index (χ1v) is 4.23. The molecule has 2 aromatic rings. The fourth-order valence-electron chi connectivity index (χ4n) is 1.13. The van der Waals surface area contributed by atoms with Gasteiger partial charge in [0.2, 0.25) is 5.69 Å². The first-order valence-electron chi connectivity index (χ1n) is 6.73. The topological polar surface area (TPSA) is 47.0 Å². The fraction of sp³-hybridized carbons (Fsp3) is 0. The average molecular weight is 204 g/mol. The highest BCUT2D eigenvalue weighted by Gasteiger charge is 2.08. The van der Waals surface area contributed by atoms with Gasteiger partial charge >= 0.3 is 0 Å². The Labute approximate surface area is 94.8 Å². The van der Waals surface area contributed by atoms with Gasteiger partial charge in [0.15, 0.2) is 12.4 Å². The molecule has 0 aliphatic heterocycles. The van der Waals surface area contributed by atoms with Gasteiger partial charge in [-0.25, -0.2) is 0 Å². The minimum Gasteiger partial charge on any atom is -0.365 e. The summed E-state index contributed by atoms with van der Waals surface area (Å²) in [7, 11) is 0. The van der Waals surface area contributed by atoms with E-state index in [0.29, 0.717) is 0 Å². The molecule has 15 heavy (non-hydrogen) atoms. The van der Waals surface area contributed by atoms with Crippen molar-refractivity contribution in [2.75, 3.05) is 0 Å². The van der Waals surface area contributed by atoms with Gasteiger partial charge in [0.05, 0.1) is 6.85 Å². The molecule has 0 radical (unpaired) electrons. The summed E-state index contributed by atoms with van der Waals surface area (Å²) < 4.78 is 39.7. The number of hydrogen-bond acceptors (Lipinski definition) is 1. The van der Waals surface area contributed by atoms with Gasteiger partial charge in [0, 0.05) is 18.2 Å². The van der Waals surface area contributed by atoms with Gasteiger partial charge in [0.1, 0.15) is 5.56 Å². The zero-order valence-electron chi connectivity index (χ0n) is 12.7. The Morgan fingerprint density at radius 2 is 2.07 bits per heavy atom. The molecule has 3 nitrogen and oxygen atoms in total. The fourth-order valence-corrected chi connectivity index (χ4v) is 1.13. The Kier molecular flexibility index (Phi) is 1.33. The van der Waals surface area contributed by atoms with E-state index < -0.39 is 24.0 Å². The average Bonchev–Trinajstić information content (AvgIpc) is 2.43. The molecule has 0 fully saturated rings. The Balaban J connectivity index is 2.76. The van der Waals surface area contributed by atoms with E-state index in [1.54, 1.807) is 0 Å². The largest absolute Gasteiger partial charge is 0.365 e. The molecular weight excluding hydrogens is 188 g/mol. The van der Waals surface area contributed by atoms with Crippen LogP contribution in [0.4, 0.5) is 0 Å². The highest BCUT2D eigenvalue weighted by atomic mass is 16.1. The molecule has 0 saturated heterocycles. The first kappa shape index (κ1) is 5.07. The third-order valence-corrected chi connectivity index (χ3v) is 1.83. The molecule has 0 bridgehead atoms. The van der Waals surface area contributed by atoms with Crippen LogP contribution in [0, 0.1) is 0 Å². The van der Waals surface area contributed by atoms with Crippen LogP contribution >= 0.6 is 0 Å². The van der Waals surface area contributed by atoms with Crippen molar-refractivity contribution in [3.8, 4) is 5.69 Å². The quantitative estimate of drug-likeness (QED) is 0.731. The number of pyridine rings is 1. The van der Waals surface area contributed by atoms with Gasteiger partial charge in [-0.1, -0.05) is 18.1 Å². The molecule has 0 spiro atoms. The van der Waals surface area contributed by atoms with E-state index in [2.05, 4.69) is 0 Å². The maximum Gasteiger partial charge on any atom is 0.254 e. The molecule has 0 saturated carbocycles. The van der Waals surface area contributed by atoms with E-state index in [1.165, 1.54) is 29.1 Å². The molecule has 0 aliphatic carbocycles. The highest BCUT2D eigenvalue weighted by molar-refractivity contribution is 5.92. The van der Waals surface area contributed by atoms with Crippen molar-refractivity contribution in [1.29, 1.82) is 0 Å². The summed E-state index contributed by atoms with van der Waals surface area (Å²) in [6, 6.07) is 0.978. The van der Waals surface area contributed by atoms with Crippen molar-refractivity contribution in [3.05, 3.63) is 60.3 Å².